The summed E-state index contributed by atoms with van der Waals surface area (Å²) in [6.45, 7) is 7.91. The van der Waals surface area contributed by atoms with Crippen LogP contribution >= 0.6 is 0 Å². The first-order valence-electron chi connectivity index (χ1n) is 7.98. The summed E-state index contributed by atoms with van der Waals surface area (Å²) < 4.78 is 0. The minimum Gasteiger partial charge on any atom is -0.314 e. The van der Waals surface area contributed by atoms with Crippen LogP contribution in [0, 0.1) is 18.8 Å². The van der Waals surface area contributed by atoms with Crippen LogP contribution in [0.5, 0.6) is 0 Å². The fraction of sp³-hybridized carbons (Fsp3) is 0.667. The van der Waals surface area contributed by atoms with Crippen LogP contribution in [0.1, 0.15) is 50.7 Å². The molecule has 1 saturated carbocycles. The molecule has 0 aromatic heterocycles. The Hall–Kier alpha value is -0.820. The quantitative estimate of drug-likeness (QED) is 0.829. The molecule has 0 amide bonds. The average molecular weight is 259 g/mol. The van der Waals surface area contributed by atoms with Crippen molar-refractivity contribution in [2.75, 3.05) is 6.54 Å². The second-order valence-electron chi connectivity index (χ2n) is 6.38. The number of hydrogen-bond acceptors (Lipinski definition) is 1. The van der Waals surface area contributed by atoms with Gasteiger partial charge in [-0.05, 0) is 50.1 Å². The summed E-state index contributed by atoms with van der Waals surface area (Å²) in [5.41, 5.74) is 2.87. The summed E-state index contributed by atoms with van der Waals surface area (Å²) >= 11 is 0. The van der Waals surface area contributed by atoms with Gasteiger partial charge < -0.3 is 5.32 Å². The Morgan fingerprint density at radius 3 is 2.58 bits per heavy atom. The smallest absolute Gasteiger partial charge is 0.0136 e. The monoisotopic (exact) mass is 259 g/mol. The highest BCUT2D eigenvalue weighted by molar-refractivity contribution is 5.23. The van der Waals surface area contributed by atoms with Crippen LogP contribution in [-0.2, 0) is 6.42 Å². The van der Waals surface area contributed by atoms with Crippen molar-refractivity contribution in [3.8, 4) is 0 Å². The van der Waals surface area contributed by atoms with Crippen molar-refractivity contribution in [1.29, 1.82) is 0 Å². The van der Waals surface area contributed by atoms with Gasteiger partial charge in [0, 0.05) is 6.04 Å². The Balaban J connectivity index is 1.99. The van der Waals surface area contributed by atoms with Gasteiger partial charge in [-0.1, -0.05) is 56.5 Å². The molecule has 2 rings (SSSR count). The first-order chi connectivity index (χ1) is 9.19. The summed E-state index contributed by atoms with van der Waals surface area (Å²) in [5, 5.41) is 3.74. The fourth-order valence-electron chi connectivity index (χ4n) is 3.45. The molecular weight excluding hydrogens is 230 g/mol. The van der Waals surface area contributed by atoms with E-state index < -0.39 is 0 Å². The predicted octanol–water partition coefficient (Wildman–Crippen LogP) is 4.34. The molecule has 0 bridgehead atoms. The molecule has 1 aromatic rings. The Bertz CT molecular complexity index is 377. The molecule has 0 radical (unpaired) electrons. The fourth-order valence-corrected chi connectivity index (χ4v) is 3.45. The third-order valence-corrected chi connectivity index (χ3v) is 4.63. The van der Waals surface area contributed by atoms with E-state index in [1.807, 2.05) is 0 Å². The SMILES string of the molecule is CCNC(Cc1cccc(C)c1)C1CCC(C)CC1. The van der Waals surface area contributed by atoms with Gasteiger partial charge in [-0.2, -0.15) is 0 Å². The van der Waals surface area contributed by atoms with Crippen molar-refractivity contribution < 1.29 is 0 Å². The molecule has 19 heavy (non-hydrogen) atoms. The number of nitrogens with one attached hydrogen (secondary N) is 1. The Kier molecular flexibility index (Phi) is 5.45. The maximum absolute atomic E-state index is 3.74. The van der Waals surface area contributed by atoms with Crippen LogP contribution < -0.4 is 5.32 Å². The maximum Gasteiger partial charge on any atom is 0.0136 e. The van der Waals surface area contributed by atoms with Crippen molar-refractivity contribution >= 4 is 0 Å². The highest BCUT2D eigenvalue weighted by Crippen LogP contribution is 2.31. The Morgan fingerprint density at radius 1 is 1.21 bits per heavy atom. The van der Waals surface area contributed by atoms with E-state index in [4.69, 9.17) is 0 Å². The molecule has 1 aromatic carbocycles. The molecular formula is C18H29N. The zero-order chi connectivity index (χ0) is 13.7. The maximum atomic E-state index is 3.74. The van der Waals surface area contributed by atoms with E-state index >= 15 is 0 Å². The molecule has 1 atom stereocenters. The van der Waals surface area contributed by atoms with Gasteiger partial charge in [-0.25, -0.2) is 0 Å². The molecule has 1 aliphatic rings. The van der Waals surface area contributed by atoms with Crippen LogP contribution in [-0.4, -0.2) is 12.6 Å². The van der Waals surface area contributed by atoms with E-state index in [9.17, 15) is 0 Å². The van der Waals surface area contributed by atoms with Crippen LogP contribution in [0.25, 0.3) is 0 Å². The summed E-state index contributed by atoms with van der Waals surface area (Å²) in [6.07, 6.45) is 6.84. The van der Waals surface area contributed by atoms with E-state index in [2.05, 4.69) is 50.4 Å². The summed E-state index contributed by atoms with van der Waals surface area (Å²) in [4.78, 5) is 0. The molecule has 1 nitrogen and oxygen atoms in total. The van der Waals surface area contributed by atoms with E-state index in [0.717, 1.165) is 18.4 Å². The first kappa shape index (κ1) is 14.6. The normalized spacial score (nSPS) is 25.2. The predicted molar refractivity (Wildman–Crippen MR) is 83.5 cm³/mol. The molecule has 0 spiro atoms. The molecule has 0 heterocycles. The van der Waals surface area contributed by atoms with Crippen molar-refractivity contribution in [3.05, 3.63) is 35.4 Å². The molecule has 0 aliphatic heterocycles. The Labute approximate surface area is 118 Å². The van der Waals surface area contributed by atoms with Gasteiger partial charge in [0.2, 0.25) is 0 Å². The third-order valence-electron chi connectivity index (χ3n) is 4.63. The number of hydrogen-bond donors (Lipinski definition) is 1. The lowest BCUT2D eigenvalue weighted by Gasteiger charge is -2.33. The van der Waals surface area contributed by atoms with Gasteiger partial charge in [0.15, 0.2) is 0 Å². The zero-order valence-corrected chi connectivity index (χ0v) is 12.8. The van der Waals surface area contributed by atoms with Gasteiger partial charge in [0.1, 0.15) is 0 Å². The van der Waals surface area contributed by atoms with Crippen LogP contribution in [0.15, 0.2) is 24.3 Å². The van der Waals surface area contributed by atoms with Crippen LogP contribution in [0.3, 0.4) is 0 Å². The molecule has 106 valence electrons. The molecule has 0 saturated heterocycles. The molecule has 1 heteroatoms. The zero-order valence-electron chi connectivity index (χ0n) is 12.8. The second-order valence-corrected chi connectivity index (χ2v) is 6.38. The topological polar surface area (TPSA) is 12.0 Å². The van der Waals surface area contributed by atoms with Gasteiger partial charge in [0.05, 0.1) is 0 Å². The highest BCUT2D eigenvalue weighted by Gasteiger charge is 2.25. The number of likely N-dealkylation sites (N-methyl/N-ethyl adjacent to an activating group) is 1. The summed E-state index contributed by atoms with van der Waals surface area (Å²) in [6, 6.07) is 9.67. The van der Waals surface area contributed by atoms with Gasteiger partial charge in [-0.15, -0.1) is 0 Å². The lowest BCUT2D eigenvalue weighted by atomic mass is 9.77. The van der Waals surface area contributed by atoms with E-state index in [-0.39, 0.29) is 0 Å². The molecule has 1 unspecified atom stereocenters. The van der Waals surface area contributed by atoms with Crippen molar-refractivity contribution in [1.82, 2.24) is 5.32 Å². The average Bonchev–Trinajstić information content (AvgIpc) is 2.39. The van der Waals surface area contributed by atoms with Crippen LogP contribution in [0.4, 0.5) is 0 Å². The van der Waals surface area contributed by atoms with Gasteiger partial charge >= 0.3 is 0 Å². The minimum absolute atomic E-state index is 0.666. The standard InChI is InChI=1S/C18H29N/c1-4-19-18(17-10-8-14(2)9-11-17)13-16-7-5-6-15(3)12-16/h5-7,12,14,17-19H,4,8-11,13H2,1-3H3. The minimum atomic E-state index is 0.666. The third kappa shape index (κ3) is 4.35. The largest absolute Gasteiger partial charge is 0.314 e. The lowest BCUT2D eigenvalue weighted by molar-refractivity contribution is 0.230. The van der Waals surface area contributed by atoms with Crippen LogP contribution in [0.2, 0.25) is 0 Å². The summed E-state index contributed by atoms with van der Waals surface area (Å²) in [7, 11) is 0. The summed E-state index contributed by atoms with van der Waals surface area (Å²) in [5.74, 6) is 1.81. The van der Waals surface area contributed by atoms with E-state index in [1.54, 1.807) is 0 Å². The highest BCUT2D eigenvalue weighted by atomic mass is 14.9. The lowest BCUT2D eigenvalue weighted by Crippen LogP contribution is -2.39. The van der Waals surface area contributed by atoms with Gasteiger partial charge in [0.25, 0.3) is 0 Å². The number of rotatable bonds is 5. The van der Waals surface area contributed by atoms with E-state index in [0.29, 0.717) is 6.04 Å². The molecule has 1 N–H and O–H groups in total. The number of benzene rings is 1. The number of aryl methyl sites for hydroxylation is 1. The van der Waals surface area contributed by atoms with Crippen molar-refractivity contribution in [2.24, 2.45) is 11.8 Å². The van der Waals surface area contributed by atoms with E-state index in [1.165, 1.54) is 43.2 Å². The Morgan fingerprint density at radius 2 is 1.95 bits per heavy atom. The molecule has 1 fully saturated rings. The van der Waals surface area contributed by atoms with Gasteiger partial charge in [-0.3, -0.25) is 0 Å². The molecule has 1 aliphatic carbocycles. The van der Waals surface area contributed by atoms with Crippen molar-refractivity contribution in [3.63, 3.8) is 0 Å². The first-order valence-corrected chi connectivity index (χ1v) is 7.98. The van der Waals surface area contributed by atoms with Crippen molar-refractivity contribution in [2.45, 2.75) is 58.9 Å². The second kappa shape index (κ2) is 7.09.